The first-order valence-electron chi connectivity index (χ1n) is 7.04. The summed E-state index contributed by atoms with van der Waals surface area (Å²) in [6, 6.07) is 6.03. The van der Waals surface area contributed by atoms with Crippen LogP contribution in [0.15, 0.2) is 41.7 Å². The van der Waals surface area contributed by atoms with Crippen molar-refractivity contribution in [3.05, 3.63) is 58.4 Å². The third-order valence-corrected chi connectivity index (χ3v) is 3.60. The van der Waals surface area contributed by atoms with Gasteiger partial charge in [0.25, 0.3) is 5.56 Å². The average molecular weight is 282 g/mol. The first-order chi connectivity index (χ1) is 10.1. The van der Waals surface area contributed by atoms with Crippen molar-refractivity contribution in [2.45, 2.75) is 33.4 Å². The van der Waals surface area contributed by atoms with E-state index in [9.17, 15) is 4.79 Å². The smallest absolute Gasteiger partial charge is 0.261 e. The van der Waals surface area contributed by atoms with Crippen molar-refractivity contribution in [1.82, 2.24) is 19.3 Å². The number of hydrogen-bond donors (Lipinski definition) is 0. The van der Waals surface area contributed by atoms with Gasteiger partial charge in [-0.1, -0.05) is 12.1 Å². The van der Waals surface area contributed by atoms with Crippen LogP contribution in [0.1, 0.15) is 31.0 Å². The highest BCUT2D eigenvalue weighted by Gasteiger charge is 2.08. The minimum atomic E-state index is -0.00426. The van der Waals surface area contributed by atoms with E-state index in [-0.39, 0.29) is 5.56 Å². The molecule has 0 atom stereocenters. The molecule has 21 heavy (non-hydrogen) atoms. The molecule has 0 amide bonds. The maximum atomic E-state index is 12.6. The maximum Gasteiger partial charge on any atom is 0.261 e. The summed E-state index contributed by atoms with van der Waals surface area (Å²) in [4.78, 5) is 17.0. The first-order valence-corrected chi connectivity index (χ1v) is 7.04. The highest BCUT2D eigenvalue weighted by molar-refractivity contribution is 5.80. The van der Waals surface area contributed by atoms with Gasteiger partial charge < -0.3 is 0 Å². The molecule has 0 aliphatic heterocycles. The molecule has 3 aromatic rings. The van der Waals surface area contributed by atoms with E-state index in [1.54, 1.807) is 17.1 Å². The highest BCUT2D eigenvalue weighted by Crippen LogP contribution is 2.12. The Morgan fingerprint density at radius 2 is 2.10 bits per heavy atom. The Morgan fingerprint density at radius 3 is 2.81 bits per heavy atom. The van der Waals surface area contributed by atoms with E-state index in [1.807, 2.05) is 36.0 Å². The van der Waals surface area contributed by atoms with Gasteiger partial charge in [0.1, 0.15) is 0 Å². The lowest BCUT2D eigenvalue weighted by Gasteiger charge is -2.07. The Kier molecular flexibility index (Phi) is 3.33. The van der Waals surface area contributed by atoms with E-state index in [1.165, 1.54) is 0 Å². The zero-order valence-electron chi connectivity index (χ0n) is 12.4. The lowest BCUT2D eigenvalue weighted by molar-refractivity contribution is 0.531. The molecule has 0 saturated heterocycles. The fourth-order valence-corrected chi connectivity index (χ4v) is 2.42. The number of benzene rings is 1. The summed E-state index contributed by atoms with van der Waals surface area (Å²) >= 11 is 0. The molecular weight excluding hydrogens is 264 g/mol. The molecular formula is C16H18N4O. The Labute approximate surface area is 122 Å². The largest absolute Gasteiger partial charge is 0.294 e. The number of rotatable bonds is 3. The van der Waals surface area contributed by atoms with E-state index >= 15 is 0 Å². The first kappa shape index (κ1) is 13.5. The van der Waals surface area contributed by atoms with Crippen LogP contribution in [0.3, 0.4) is 0 Å². The van der Waals surface area contributed by atoms with Crippen LogP contribution >= 0.6 is 0 Å². The maximum absolute atomic E-state index is 12.6. The van der Waals surface area contributed by atoms with E-state index in [4.69, 9.17) is 0 Å². The van der Waals surface area contributed by atoms with Gasteiger partial charge in [0.05, 0.1) is 30.0 Å². The molecule has 0 spiro atoms. The average Bonchev–Trinajstić information content (AvgIpc) is 2.91. The molecule has 1 aromatic carbocycles. The lowest BCUT2D eigenvalue weighted by atomic mass is 10.1. The fraction of sp³-hybridized carbons (Fsp3) is 0.312. The van der Waals surface area contributed by atoms with Crippen molar-refractivity contribution in [3.8, 4) is 0 Å². The van der Waals surface area contributed by atoms with Gasteiger partial charge in [0, 0.05) is 17.8 Å². The van der Waals surface area contributed by atoms with Gasteiger partial charge in [0.15, 0.2) is 0 Å². The summed E-state index contributed by atoms with van der Waals surface area (Å²) in [5.41, 5.74) is 2.70. The number of aryl methyl sites for hydroxylation is 1. The van der Waals surface area contributed by atoms with Gasteiger partial charge in [-0.15, -0.1) is 0 Å². The van der Waals surface area contributed by atoms with E-state index in [2.05, 4.69) is 23.9 Å². The second-order valence-electron chi connectivity index (χ2n) is 5.57. The second kappa shape index (κ2) is 5.16. The summed E-state index contributed by atoms with van der Waals surface area (Å²) in [5, 5.41) is 4.99. The molecule has 5 nitrogen and oxygen atoms in total. The predicted octanol–water partition coefficient (Wildman–Crippen LogP) is 2.53. The van der Waals surface area contributed by atoms with Crippen molar-refractivity contribution in [1.29, 1.82) is 0 Å². The fourth-order valence-electron chi connectivity index (χ4n) is 2.42. The van der Waals surface area contributed by atoms with Crippen LogP contribution in [0.25, 0.3) is 10.9 Å². The predicted molar refractivity (Wildman–Crippen MR) is 82.5 cm³/mol. The molecule has 108 valence electrons. The Balaban J connectivity index is 2.03. The molecule has 2 heterocycles. The summed E-state index contributed by atoms with van der Waals surface area (Å²) in [7, 11) is 0. The third-order valence-electron chi connectivity index (χ3n) is 3.60. The van der Waals surface area contributed by atoms with Crippen LogP contribution in [0.5, 0.6) is 0 Å². The van der Waals surface area contributed by atoms with E-state index < -0.39 is 0 Å². The van der Waals surface area contributed by atoms with Gasteiger partial charge >= 0.3 is 0 Å². The number of hydrogen-bond acceptors (Lipinski definition) is 3. The molecule has 0 fully saturated rings. The van der Waals surface area contributed by atoms with Gasteiger partial charge in [-0.05, 0) is 32.4 Å². The van der Waals surface area contributed by atoms with Crippen molar-refractivity contribution < 1.29 is 0 Å². The molecule has 0 N–H and O–H groups in total. The van der Waals surface area contributed by atoms with Gasteiger partial charge in [-0.2, -0.15) is 5.10 Å². The van der Waals surface area contributed by atoms with Gasteiger partial charge in [-0.25, -0.2) is 4.98 Å². The van der Waals surface area contributed by atoms with Crippen LogP contribution in [0, 0.1) is 6.92 Å². The normalized spacial score (nSPS) is 11.4. The van der Waals surface area contributed by atoms with Crippen molar-refractivity contribution in [2.75, 3.05) is 0 Å². The molecule has 5 heteroatoms. The Bertz CT molecular complexity index is 845. The van der Waals surface area contributed by atoms with Crippen LogP contribution in [-0.4, -0.2) is 19.3 Å². The topological polar surface area (TPSA) is 52.7 Å². The summed E-state index contributed by atoms with van der Waals surface area (Å²) in [6.07, 6.45) is 5.38. The number of aromatic nitrogens is 4. The van der Waals surface area contributed by atoms with Crippen LogP contribution < -0.4 is 5.56 Å². The van der Waals surface area contributed by atoms with E-state index in [0.717, 1.165) is 16.6 Å². The highest BCUT2D eigenvalue weighted by atomic mass is 16.1. The zero-order chi connectivity index (χ0) is 15.0. The molecule has 3 rings (SSSR count). The minimum Gasteiger partial charge on any atom is -0.294 e. The molecule has 0 aliphatic carbocycles. The standard InChI is InChI=1S/C16H18N4O/c1-11(2)20-9-13(7-18-20)8-19-10-17-14-6-4-5-12(3)15(14)16(19)21/h4-7,9-11H,8H2,1-3H3. The van der Waals surface area contributed by atoms with Gasteiger partial charge in [0.2, 0.25) is 0 Å². The Hall–Kier alpha value is -2.43. The van der Waals surface area contributed by atoms with Crippen molar-refractivity contribution in [2.24, 2.45) is 0 Å². The SMILES string of the molecule is Cc1cccc2ncn(Cc3cnn(C(C)C)c3)c(=O)c12. The summed E-state index contributed by atoms with van der Waals surface area (Å²) in [6.45, 7) is 6.57. The molecule has 0 bridgehead atoms. The van der Waals surface area contributed by atoms with Crippen LogP contribution in [0.2, 0.25) is 0 Å². The monoisotopic (exact) mass is 282 g/mol. The number of nitrogens with zero attached hydrogens (tertiary/aromatic N) is 4. The lowest BCUT2D eigenvalue weighted by Crippen LogP contribution is -2.21. The third kappa shape index (κ3) is 2.46. The van der Waals surface area contributed by atoms with Crippen molar-refractivity contribution in [3.63, 3.8) is 0 Å². The molecule has 0 unspecified atom stereocenters. The molecule has 0 radical (unpaired) electrons. The van der Waals surface area contributed by atoms with Gasteiger partial charge in [-0.3, -0.25) is 14.0 Å². The second-order valence-corrected chi connectivity index (χ2v) is 5.57. The zero-order valence-corrected chi connectivity index (χ0v) is 12.4. The molecule has 0 saturated carbocycles. The van der Waals surface area contributed by atoms with Crippen LogP contribution in [0.4, 0.5) is 0 Å². The van der Waals surface area contributed by atoms with Crippen LogP contribution in [-0.2, 0) is 6.54 Å². The minimum absolute atomic E-state index is 0.00426. The molecule has 2 aromatic heterocycles. The number of fused-ring (bicyclic) bond motifs is 1. The Morgan fingerprint density at radius 1 is 1.29 bits per heavy atom. The summed E-state index contributed by atoms with van der Waals surface area (Å²) < 4.78 is 3.52. The quantitative estimate of drug-likeness (QED) is 0.741. The summed E-state index contributed by atoms with van der Waals surface area (Å²) in [5.74, 6) is 0. The molecule has 0 aliphatic rings. The van der Waals surface area contributed by atoms with E-state index in [0.29, 0.717) is 18.0 Å². The van der Waals surface area contributed by atoms with Crippen molar-refractivity contribution >= 4 is 10.9 Å².